The number of anilines is 2. The topological polar surface area (TPSA) is 144 Å². The van der Waals surface area contributed by atoms with E-state index in [9.17, 15) is 19.5 Å². The fourth-order valence-electron chi connectivity index (χ4n) is 4.83. The molecule has 2 aliphatic rings. The van der Waals surface area contributed by atoms with Crippen molar-refractivity contribution in [2.45, 2.75) is 45.8 Å². The van der Waals surface area contributed by atoms with E-state index in [0.717, 1.165) is 42.4 Å². The molecule has 1 saturated heterocycles. The number of aryl methyl sites for hydroxylation is 1. The van der Waals surface area contributed by atoms with E-state index in [1.54, 1.807) is 12.1 Å². The molecule has 11 heteroatoms. The van der Waals surface area contributed by atoms with Crippen LogP contribution in [0.15, 0.2) is 47.5 Å². The normalized spacial score (nSPS) is 16.2. The average Bonchev–Trinajstić information content (AvgIpc) is 2.97. The van der Waals surface area contributed by atoms with Crippen molar-refractivity contribution in [1.82, 2.24) is 16.0 Å². The molecule has 40 heavy (non-hydrogen) atoms. The minimum Gasteiger partial charge on any atom is -0.480 e. The summed E-state index contributed by atoms with van der Waals surface area (Å²) in [5.41, 5.74) is 5.25. The van der Waals surface area contributed by atoms with Crippen molar-refractivity contribution in [2.75, 3.05) is 42.9 Å². The number of nitrogens with zero attached hydrogens (tertiary/aromatic N) is 2. The number of carbonyl (C=O) groups excluding carboxylic acids is 2. The zero-order valence-electron chi connectivity index (χ0n) is 23.0. The first-order chi connectivity index (χ1) is 19.3. The van der Waals surface area contributed by atoms with E-state index in [4.69, 9.17) is 4.74 Å². The zero-order chi connectivity index (χ0) is 28.5. The van der Waals surface area contributed by atoms with Gasteiger partial charge in [-0.05, 0) is 61.9 Å². The molecule has 0 unspecified atom stereocenters. The van der Waals surface area contributed by atoms with E-state index in [2.05, 4.69) is 57.1 Å². The first kappa shape index (κ1) is 28.7. The molecule has 2 amide bonds. The molecule has 2 aliphatic heterocycles. The molecule has 4 rings (SSSR count). The van der Waals surface area contributed by atoms with E-state index in [1.807, 2.05) is 18.2 Å². The summed E-state index contributed by atoms with van der Waals surface area (Å²) < 4.78 is 5.11. The highest BCUT2D eigenvalue weighted by Gasteiger charge is 2.28. The SMILES string of the molecule is Cc1cc(NC2=NCCCN2)cc(N2CCC(C(=O)NC[C@H](NC(=O)OCc3ccccc3)C(=O)O)CC2)c1C. The number of amides is 2. The van der Waals surface area contributed by atoms with Gasteiger partial charge in [0.05, 0.1) is 0 Å². The summed E-state index contributed by atoms with van der Waals surface area (Å²) in [6.45, 7) is 7.11. The van der Waals surface area contributed by atoms with E-state index >= 15 is 0 Å². The van der Waals surface area contributed by atoms with E-state index in [-0.39, 0.29) is 25.0 Å². The quantitative estimate of drug-likeness (QED) is 0.321. The van der Waals surface area contributed by atoms with Gasteiger partial charge in [0.1, 0.15) is 12.6 Å². The van der Waals surface area contributed by atoms with Crippen LogP contribution in [-0.2, 0) is 20.9 Å². The lowest BCUT2D eigenvalue weighted by Crippen LogP contribution is -2.50. The molecular formula is C29H38N6O5. The number of alkyl carbamates (subject to hydrolysis) is 1. The second-order valence-electron chi connectivity index (χ2n) is 10.2. The summed E-state index contributed by atoms with van der Waals surface area (Å²) in [6.07, 6.45) is 1.45. The Balaban J connectivity index is 1.26. The number of rotatable bonds is 9. The number of guanidine groups is 1. The lowest BCUT2D eigenvalue weighted by molar-refractivity contribution is -0.139. The average molecular weight is 551 g/mol. The Hall–Kier alpha value is -4.28. The third-order valence-electron chi connectivity index (χ3n) is 7.29. The Morgan fingerprint density at radius 3 is 2.58 bits per heavy atom. The number of nitrogens with one attached hydrogen (secondary N) is 4. The van der Waals surface area contributed by atoms with Gasteiger partial charge in [0.15, 0.2) is 5.96 Å². The minimum atomic E-state index is -1.29. The third-order valence-corrected chi connectivity index (χ3v) is 7.29. The molecular weight excluding hydrogens is 512 g/mol. The van der Waals surface area contributed by atoms with Gasteiger partial charge in [0.2, 0.25) is 5.91 Å². The summed E-state index contributed by atoms with van der Waals surface area (Å²) in [7, 11) is 0. The predicted molar refractivity (Wildman–Crippen MR) is 154 cm³/mol. The molecule has 1 atom stereocenters. The van der Waals surface area contributed by atoms with E-state index < -0.39 is 18.1 Å². The van der Waals surface area contributed by atoms with Crippen molar-refractivity contribution < 1.29 is 24.2 Å². The molecule has 11 nitrogen and oxygen atoms in total. The standard InChI is InChI=1S/C29H38N6O5/c1-19-15-23(33-28-30-11-6-12-31-28)16-25(20(19)2)35-13-9-22(10-14-35)26(36)32-17-24(27(37)38)34-29(39)40-18-21-7-4-3-5-8-21/h3-5,7-8,15-16,22,24H,6,9-14,17-18H2,1-2H3,(H,32,36)(H,34,39)(H,37,38)(H2,30,31,33)/t24-/m0/s1. The van der Waals surface area contributed by atoms with E-state index in [0.29, 0.717) is 25.9 Å². The summed E-state index contributed by atoms with van der Waals surface area (Å²) >= 11 is 0. The number of aliphatic imine (C=N–C) groups is 1. The van der Waals surface area contributed by atoms with Crippen LogP contribution in [0.25, 0.3) is 0 Å². The minimum absolute atomic E-state index is 0.0214. The van der Waals surface area contributed by atoms with Crippen molar-refractivity contribution in [3.63, 3.8) is 0 Å². The summed E-state index contributed by atoms with van der Waals surface area (Å²) in [5, 5.41) is 21.2. The molecule has 0 aliphatic carbocycles. The highest BCUT2D eigenvalue weighted by Crippen LogP contribution is 2.31. The number of ether oxygens (including phenoxy) is 1. The first-order valence-corrected chi connectivity index (χ1v) is 13.7. The van der Waals surface area contributed by atoms with Gasteiger partial charge in [-0.2, -0.15) is 0 Å². The molecule has 5 N–H and O–H groups in total. The largest absolute Gasteiger partial charge is 0.480 e. The fraction of sp³-hybridized carbons (Fsp3) is 0.448. The van der Waals surface area contributed by atoms with Crippen LogP contribution in [0.4, 0.5) is 16.2 Å². The number of hydrogen-bond donors (Lipinski definition) is 5. The molecule has 0 saturated carbocycles. The molecule has 0 bridgehead atoms. The maximum Gasteiger partial charge on any atom is 0.408 e. The summed E-state index contributed by atoms with van der Waals surface area (Å²) in [4.78, 5) is 43.4. The van der Waals surface area contributed by atoms with Crippen LogP contribution in [0, 0.1) is 19.8 Å². The molecule has 0 spiro atoms. The number of carbonyl (C=O) groups is 3. The van der Waals surface area contributed by atoms with Crippen molar-refractivity contribution in [1.29, 1.82) is 0 Å². The van der Waals surface area contributed by atoms with Gasteiger partial charge in [0, 0.05) is 50.0 Å². The van der Waals surface area contributed by atoms with Gasteiger partial charge in [-0.15, -0.1) is 0 Å². The van der Waals surface area contributed by atoms with Crippen molar-refractivity contribution in [3.8, 4) is 0 Å². The zero-order valence-corrected chi connectivity index (χ0v) is 23.0. The molecule has 2 heterocycles. The number of carboxylic acid groups (broad SMARTS) is 1. The Bertz CT molecular complexity index is 1230. The number of benzene rings is 2. The Morgan fingerprint density at radius 2 is 1.90 bits per heavy atom. The Kier molecular flexibility index (Phi) is 9.82. The maximum atomic E-state index is 12.9. The van der Waals surface area contributed by atoms with Crippen LogP contribution in [0.3, 0.4) is 0 Å². The van der Waals surface area contributed by atoms with Gasteiger partial charge < -0.3 is 36.0 Å². The second kappa shape index (κ2) is 13.7. The Labute approximate surface area is 234 Å². The number of piperidine rings is 1. The smallest absolute Gasteiger partial charge is 0.408 e. The van der Waals surface area contributed by atoms with Crippen LogP contribution in [0.2, 0.25) is 0 Å². The van der Waals surface area contributed by atoms with Crippen LogP contribution < -0.4 is 26.2 Å². The molecule has 214 valence electrons. The van der Waals surface area contributed by atoms with Crippen molar-refractivity contribution in [2.24, 2.45) is 10.9 Å². The molecule has 1 fully saturated rings. The summed E-state index contributed by atoms with van der Waals surface area (Å²) in [6, 6.07) is 12.0. The van der Waals surface area contributed by atoms with Gasteiger partial charge in [0.25, 0.3) is 0 Å². The molecule has 2 aromatic carbocycles. The molecule has 0 aromatic heterocycles. The van der Waals surface area contributed by atoms with Gasteiger partial charge in [-0.25, -0.2) is 9.59 Å². The van der Waals surface area contributed by atoms with Gasteiger partial charge in [-0.3, -0.25) is 9.79 Å². The van der Waals surface area contributed by atoms with Crippen molar-refractivity contribution in [3.05, 3.63) is 59.2 Å². The number of hydrogen-bond acceptors (Lipinski definition) is 8. The van der Waals surface area contributed by atoms with Crippen LogP contribution in [0.5, 0.6) is 0 Å². The molecule has 2 aromatic rings. The highest BCUT2D eigenvalue weighted by atomic mass is 16.5. The lowest BCUT2D eigenvalue weighted by Gasteiger charge is -2.34. The monoisotopic (exact) mass is 550 g/mol. The number of carboxylic acids is 1. The summed E-state index contributed by atoms with van der Waals surface area (Å²) in [5.74, 6) is -0.913. The van der Waals surface area contributed by atoms with Crippen LogP contribution in [0.1, 0.15) is 36.0 Å². The lowest BCUT2D eigenvalue weighted by atomic mass is 9.94. The highest BCUT2D eigenvalue weighted by molar-refractivity contribution is 5.94. The Morgan fingerprint density at radius 1 is 1.15 bits per heavy atom. The predicted octanol–water partition coefficient (Wildman–Crippen LogP) is 2.78. The molecule has 0 radical (unpaired) electrons. The fourth-order valence-corrected chi connectivity index (χ4v) is 4.83. The second-order valence-corrected chi connectivity index (χ2v) is 10.2. The first-order valence-electron chi connectivity index (χ1n) is 13.7. The third kappa shape index (κ3) is 7.87. The van der Waals surface area contributed by atoms with Crippen LogP contribution in [-0.4, -0.2) is 67.8 Å². The van der Waals surface area contributed by atoms with Crippen LogP contribution >= 0.6 is 0 Å². The van der Waals surface area contributed by atoms with Gasteiger partial charge >= 0.3 is 12.1 Å². The maximum absolute atomic E-state index is 12.9. The van der Waals surface area contributed by atoms with E-state index in [1.165, 1.54) is 11.1 Å². The van der Waals surface area contributed by atoms with Crippen molar-refractivity contribution >= 4 is 35.3 Å². The number of aliphatic carboxylic acids is 1. The van der Waals surface area contributed by atoms with Gasteiger partial charge in [-0.1, -0.05) is 30.3 Å².